The van der Waals surface area contributed by atoms with E-state index in [1.807, 2.05) is 24.3 Å². The molecular weight excluding hydrogens is 404 g/mol. The number of hydrogen-bond donors (Lipinski definition) is 1. The van der Waals surface area contributed by atoms with E-state index in [9.17, 15) is 13.2 Å². The predicted octanol–water partition coefficient (Wildman–Crippen LogP) is 3.45. The summed E-state index contributed by atoms with van der Waals surface area (Å²) >= 11 is 0. The SMILES string of the molecule is COc1ccc(CCC(=O)Nc2cc(S(=O)(=O)N3CCCCC3)ccc2OC)cc1. The maximum Gasteiger partial charge on any atom is 0.243 e. The molecule has 3 rings (SSSR count). The molecule has 0 unspecified atom stereocenters. The van der Waals surface area contributed by atoms with Gasteiger partial charge in [-0.25, -0.2) is 8.42 Å². The number of rotatable bonds is 8. The first-order chi connectivity index (χ1) is 14.4. The minimum absolute atomic E-state index is 0.163. The number of methoxy groups -OCH3 is 2. The largest absolute Gasteiger partial charge is 0.497 e. The quantitative estimate of drug-likeness (QED) is 0.691. The third kappa shape index (κ3) is 5.31. The van der Waals surface area contributed by atoms with Crippen molar-refractivity contribution in [1.82, 2.24) is 4.31 Å². The zero-order valence-corrected chi connectivity index (χ0v) is 18.2. The van der Waals surface area contributed by atoms with Crippen LogP contribution < -0.4 is 14.8 Å². The Morgan fingerprint density at radius 3 is 2.33 bits per heavy atom. The summed E-state index contributed by atoms with van der Waals surface area (Å²) in [5.74, 6) is 0.974. The monoisotopic (exact) mass is 432 g/mol. The van der Waals surface area contributed by atoms with Crippen molar-refractivity contribution in [2.45, 2.75) is 37.0 Å². The number of hydrogen-bond acceptors (Lipinski definition) is 5. The van der Waals surface area contributed by atoms with E-state index in [0.29, 0.717) is 30.9 Å². The van der Waals surface area contributed by atoms with Crippen molar-refractivity contribution in [3.63, 3.8) is 0 Å². The second-order valence-corrected chi connectivity index (χ2v) is 9.16. The first-order valence-electron chi connectivity index (χ1n) is 10.0. The molecular formula is C22H28N2O5S. The number of anilines is 1. The molecule has 30 heavy (non-hydrogen) atoms. The third-order valence-electron chi connectivity index (χ3n) is 5.20. The Balaban J connectivity index is 1.70. The van der Waals surface area contributed by atoms with Gasteiger partial charge in [0.15, 0.2) is 0 Å². The van der Waals surface area contributed by atoms with Crippen LogP contribution in [0.2, 0.25) is 0 Å². The van der Waals surface area contributed by atoms with Crippen molar-refractivity contribution in [3.05, 3.63) is 48.0 Å². The Morgan fingerprint density at radius 1 is 1.00 bits per heavy atom. The van der Waals surface area contributed by atoms with E-state index in [0.717, 1.165) is 30.6 Å². The van der Waals surface area contributed by atoms with Crippen LogP contribution >= 0.6 is 0 Å². The highest BCUT2D eigenvalue weighted by atomic mass is 32.2. The molecule has 1 amide bonds. The van der Waals surface area contributed by atoms with E-state index in [1.54, 1.807) is 13.2 Å². The van der Waals surface area contributed by atoms with Gasteiger partial charge in [0.1, 0.15) is 11.5 Å². The van der Waals surface area contributed by atoms with E-state index in [-0.39, 0.29) is 17.2 Å². The Labute approximate surface area is 178 Å². The number of sulfonamides is 1. The Kier molecular flexibility index (Phi) is 7.33. The van der Waals surface area contributed by atoms with E-state index in [4.69, 9.17) is 9.47 Å². The van der Waals surface area contributed by atoms with Gasteiger partial charge in [-0.3, -0.25) is 4.79 Å². The second-order valence-electron chi connectivity index (χ2n) is 7.22. The molecule has 2 aromatic carbocycles. The minimum atomic E-state index is -3.59. The molecule has 1 saturated heterocycles. The number of nitrogens with one attached hydrogen (secondary N) is 1. The van der Waals surface area contributed by atoms with Crippen molar-refractivity contribution < 1.29 is 22.7 Å². The molecule has 1 aliphatic rings. The summed E-state index contributed by atoms with van der Waals surface area (Å²) in [6.07, 6.45) is 3.60. The van der Waals surface area contributed by atoms with Crippen LogP contribution in [0.5, 0.6) is 11.5 Å². The molecule has 0 bridgehead atoms. The highest BCUT2D eigenvalue weighted by Crippen LogP contribution is 2.30. The number of aryl methyl sites for hydroxylation is 1. The van der Waals surface area contributed by atoms with Gasteiger partial charge in [0.05, 0.1) is 24.8 Å². The van der Waals surface area contributed by atoms with Crippen molar-refractivity contribution in [2.24, 2.45) is 0 Å². The van der Waals surface area contributed by atoms with E-state index < -0.39 is 10.0 Å². The van der Waals surface area contributed by atoms with Gasteiger partial charge in [-0.2, -0.15) is 4.31 Å². The van der Waals surface area contributed by atoms with Gasteiger partial charge in [-0.05, 0) is 55.2 Å². The van der Waals surface area contributed by atoms with Gasteiger partial charge in [-0.1, -0.05) is 18.6 Å². The van der Waals surface area contributed by atoms with Crippen LogP contribution in [0.25, 0.3) is 0 Å². The summed E-state index contributed by atoms with van der Waals surface area (Å²) in [7, 11) is -0.499. The van der Waals surface area contributed by atoms with E-state index in [1.165, 1.54) is 23.5 Å². The molecule has 7 nitrogen and oxygen atoms in total. The topological polar surface area (TPSA) is 84.9 Å². The third-order valence-corrected chi connectivity index (χ3v) is 7.09. The second kappa shape index (κ2) is 9.95. The fourth-order valence-electron chi connectivity index (χ4n) is 3.46. The molecule has 2 aromatic rings. The van der Waals surface area contributed by atoms with Gasteiger partial charge in [-0.15, -0.1) is 0 Å². The number of carbonyl (C=O) groups excluding carboxylic acids is 1. The van der Waals surface area contributed by atoms with Gasteiger partial charge in [0.25, 0.3) is 0 Å². The van der Waals surface area contributed by atoms with Crippen LogP contribution in [-0.2, 0) is 21.2 Å². The maximum atomic E-state index is 13.0. The maximum absolute atomic E-state index is 13.0. The first-order valence-corrected chi connectivity index (χ1v) is 11.5. The fourth-order valence-corrected chi connectivity index (χ4v) is 5.01. The smallest absolute Gasteiger partial charge is 0.243 e. The lowest BCUT2D eigenvalue weighted by Crippen LogP contribution is -2.35. The van der Waals surface area contributed by atoms with Crippen molar-refractivity contribution in [1.29, 1.82) is 0 Å². The van der Waals surface area contributed by atoms with Gasteiger partial charge in [0.2, 0.25) is 15.9 Å². The van der Waals surface area contributed by atoms with Crippen LogP contribution in [0.1, 0.15) is 31.2 Å². The molecule has 1 N–H and O–H groups in total. The highest BCUT2D eigenvalue weighted by Gasteiger charge is 2.27. The van der Waals surface area contributed by atoms with Gasteiger partial charge < -0.3 is 14.8 Å². The average molecular weight is 433 g/mol. The number of carbonyl (C=O) groups is 1. The molecule has 0 atom stereocenters. The number of nitrogens with zero attached hydrogens (tertiary/aromatic N) is 1. The minimum Gasteiger partial charge on any atom is -0.497 e. The summed E-state index contributed by atoms with van der Waals surface area (Å²) in [6.45, 7) is 1.05. The molecule has 0 radical (unpaired) electrons. The first kappa shape index (κ1) is 22.1. The number of benzene rings is 2. The molecule has 1 aliphatic heterocycles. The summed E-state index contributed by atoms with van der Waals surface area (Å²) in [4.78, 5) is 12.7. The Bertz CT molecular complexity index is 968. The summed E-state index contributed by atoms with van der Waals surface area (Å²) in [6, 6.07) is 12.1. The zero-order valence-electron chi connectivity index (χ0n) is 17.4. The Morgan fingerprint density at radius 2 is 1.70 bits per heavy atom. The number of ether oxygens (including phenoxy) is 2. The molecule has 1 heterocycles. The van der Waals surface area contributed by atoms with Crippen LogP contribution in [0.4, 0.5) is 5.69 Å². The van der Waals surface area contributed by atoms with E-state index in [2.05, 4.69) is 5.32 Å². The standard InChI is InChI=1S/C22H28N2O5S/c1-28-18-9-6-17(7-10-18)8-13-22(25)23-20-16-19(11-12-21(20)29-2)30(26,27)24-14-4-3-5-15-24/h6-7,9-12,16H,3-5,8,13-15H2,1-2H3,(H,23,25). The van der Waals surface area contributed by atoms with Gasteiger partial charge >= 0.3 is 0 Å². The molecule has 0 aromatic heterocycles. The molecule has 1 fully saturated rings. The van der Waals surface area contributed by atoms with Gasteiger partial charge in [0, 0.05) is 19.5 Å². The predicted molar refractivity (Wildman–Crippen MR) is 116 cm³/mol. The lowest BCUT2D eigenvalue weighted by atomic mass is 10.1. The highest BCUT2D eigenvalue weighted by molar-refractivity contribution is 7.89. The molecule has 162 valence electrons. The van der Waals surface area contributed by atoms with Crippen LogP contribution in [0.15, 0.2) is 47.4 Å². The molecule has 0 aliphatic carbocycles. The zero-order chi connectivity index (χ0) is 21.6. The normalized spacial score (nSPS) is 14.9. The summed E-state index contributed by atoms with van der Waals surface area (Å²) in [5, 5.41) is 2.80. The van der Waals surface area contributed by atoms with Crippen molar-refractivity contribution in [2.75, 3.05) is 32.6 Å². The van der Waals surface area contributed by atoms with Crippen LogP contribution in [0, 0.1) is 0 Å². The molecule has 0 saturated carbocycles. The summed E-state index contributed by atoms with van der Waals surface area (Å²) < 4.78 is 37.9. The van der Waals surface area contributed by atoms with Crippen molar-refractivity contribution >= 4 is 21.6 Å². The number of piperidine rings is 1. The lowest BCUT2D eigenvalue weighted by molar-refractivity contribution is -0.116. The fraction of sp³-hybridized carbons (Fsp3) is 0.409. The summed E-state index contributed by atoms with van der Waals surface area (Å²) in [5.41, 5.74) is 1.37. The van der Waals surface area contributed by atoms with Crippen LogP contribution in [-0.4, -0.2) is 45.9 Å². The van der Waals surface area contributed by atoms with E-state index >= 15 is 0 Å². The van der Waals surface area contributed by atoms with Crippen LogP contribution in [0.3, 0.4) is 0 Å². The van der Waals surface area contributed by atoms with Crippen molar-refractivity contribution in [3.8, 4) is 11.5 Å². The lowest BCUT2D eigenvalue weighted by Gasteiger charge is -2.26. The molecule has 8 heteroatoms. The molecule has 0 spiro atoms. The number of amides is 1. The Hall–Kier alpha value is -2.58. The average Bonchev–Trinajstić information content (AvgIpc) is 2.78.